The maximum absolute atomic E-state index is 11.3. The molecule has 0 bridgehead atoms. The fraction of sp³-hybridized carbons (Fsp3) is 0.188. The predicted molar refractivity (Wildman–Crippen MR) is 82.9 cm³/mol. The second kappa shape index (κ2) is 5.17. The number of nitrogens with one attached hydrogen (secondary N) is 1. The SMILES string of the molecule is CC(=O)Nc1ccccc1N1CCc2cc(Cl)ccc21. The summed E-state index contributed by atoms with van der Waals surface area (Å²) < 4.78 is 0. The van der Waals surface area contributed by atoms with Crippen molar-refractivity contribution in [3.63, 3.8) is 0 Å². The molecule has 0 aliphatic carbocycles. The lowest BCUT2D eigenvalue weighted by Crippen LogP contribution is -2.16. The van der Waals surface area contributed by atoms with Gasteiger partial charge in [0.05, 0.1) is 11.4 Å². The number of anilines is 3. The molecule has 1 aliphatic heterocycles. The van der Waals surface area contributed by atoms with E-state index in [1.54, 1.807) is 0 Å². The van der Waals surface area contributed by atoms with Gasteiger partial charge in [0.1, 0.15) is 0 Å². The number of carbonyl (C=O) groups is 1. The second-order valence-electron chi connectivity index (χ2n) is 4.87. The number of para-hydroxylation sites is 2. The minimum atomic E-state index is -0.0621. The summed E-state index contributed by atoms with van der Waals surface area (Å²) in [5.41, 5.74) is 4.26. The molecule has 1 heterocycles. The number of amides is 1. The number of nitrogens with zero attached hydrogens (tertiary/aromatic N) is 1. The number of halogens is 1. The minimum absolute atomic E-state index is 0.0621. The minimum Gasteiger partial charge on any atom is -0.339 e. The summed E-state index contributed by atoms with van der Waals surface area (Å²) in [5, 5.41) is 3.65. The lowest BCUT2D eigenvalue weighted by molar-refractivity contribution is -0.114. The number of benzene rings is 2. The average Bonchev–Trinajstić information content (AvgIpc) is 2.81. The first-order valence-corrected chi connectivity index (χ1v) is 6.95. The third kappa shape index (κ3) is 2.37. The van der Waals surface area contributed by atoms with Crippen molar-refractivity contribution in [2.24, 2.45) is 0 Å². The van der Waals surface area contributed by atoms with E-state index in [0.717, 1.165) is 35.1 Å². The van der Waals surface area contributed by atoms with Crippen molar-refractivity contribution >= 4 is 34.6 Å². The molecule has 0 saturated carbocycles. The quantitative estimate of drug-likeness (QED) is 0.905. The fourth-order valence-corrected chi connectivity index (χ4v) is 2.82. The Hall–Kier alpha value is -2.00. The highest BCUT2D eigenvalue weighted by molar-refractivity contribution is 6.30. The van der Waals surface area contributed by atoms with Gasteiger partial charge >= 0.3 is 0 Å². The molecule has 0 saturated heterocycles. The van der Waals surface area contributed by atoms with E-state index in [1.807, 2.05) is 42.5 Å². The number of hydrogen-bond acceptors (Lipinski definition) is 2. The number of rotatable bonds is 2. The van der Waals surface area contributed by atoms with E-state index < -0.39 is 0 Å². The van der Waals surface area contributed by atoms with Crippen LogP contribution in [-0.2, 0) is 11.2 Å². The topological polar surface area (TPSA) is 32.3 Å². The molecule has 0 unspecified atom stereocenters. The maximum Gasteiger partial charge on any atom is 0.221 e. The summed E-state index contributed by atoms with van der Waals surface area (Å²) >= 11 is 6.04. The van der Waals surface area contributed by atoms with Gasteiger partial charge in [0.2, 0.25) is 5.91 Å². The van der Waals surface area contributed by atoms with Crippen LogP contribution in [0.15, 0.2) is 42.5 Å². The van der Waals surface area contributed by atoms with Crippen molar-refractivity contribution in [1.82, 2.24) is 0 Å². The van der Waals surface area contributed by atoms with Crippen LogP contribution in [0.2, 0.25) is 5.02 Å². The second-order valence-corrected chi connectivity index (χ2v) is 5.31. The summed E-state index contributed by atoms with van der Waals surface area (Å²) in [4.78, 5) is 13.5. The molecule has 102 valence electrons. The van der Waals surface area contributed by atoms with E-state index in [0.29, 0.717) is 0 Å². The Bertz CT molecular complexity index is 669. The van der Waals surface area contributed by atoms with Gasteiger partial charge in [-0.25, -0.2) is 0 Å². The van der Waals surface area contributed by atoms with Crippen molar-refractivity contribution in [3.05, 3.63) is 53.1 Å². The zero-order chi connectivity index (χ0) is 14.1. The summed E-state index contributed by atoms with van der Waals surface area (Å²) in [6.45, 7) is 2.42. The van der Waals surface area contributed by atoms with Crippen molar-refractivity contribution in [2.45, 2.75) is 13.3 Å². The van der Waals surface area contributed by atoms with Gasteiger partial charge in [0.25, 0.3) is 0 Å². The normalized spacial score (nSPS) is 13.2. The van der Waals surface area contributed by atoms with Gasteiger partial charge < -0.3 is 10.2 Å². The first-order valence-electron chi connectivity index (χ1n) is 6.58. The standard InChI is InChI=1S/C16H15ClN2O/c1-11(20)18-14-4-2-3-5-16(14)19-9-8-12-10-13(17)6-7-15(12)19/h2-7,10H,8-9H2,1H3,(H,18,20). The molecule has 3 nitrogen and oxygen atoms in total. The zero-order valence-corrected chi connectivity index (χ0v) is 11.9. The highest BCUT2D eigenvalue weighted by Gasteiger charge is 2.22. The smallest absolute Gasteiger partial charge is 0.221 e. The van der Waals surface area contributed by atoms with E-state index in [4.69, 9.17) is 11.6 Å². The highest BCUT2D eigenvalue weighted by Crippen LogP contribution is 2.39. The molecule has 4 heteroatoms. The fourth-order valence-electron chi connectivity index (χ4n) is 2.62. The monoisotopic (exact) mass is 286 g/mol. The van der Waals surface area contributed by atoms with Gasteiger partial charge in [-0.1, -0.05) is 23.7 Å². The van der Waals surface area contributed by atoms with Gasteiger partial charge in [0, 0.05) is 24.2 Å². The van der Waals surface area contributed by atoms with Crippen molar-refractivity contribution in [3.8, 4) is 0 Å². The summed E-state index contributed by atoms with van der Waals surface area (Å²) in [5.74, 6) is -0.0621. The molecule has 1 amide bonds. The largest absolute Gasteiger partial charge is 0.339 e. The third-order valence-electron chi connectivity index (χ3n) is 3.44. The molecule has 0 radical (unpaired) electrons. The van der Waals surface area contributed by atoms with E-state index in [1.165, 1.54) is 12.5 Å². The van der Waals surface area contributed by atoms with Crippen molar-refractivity contribution in [2.75, 3.05) is 16.8 Å². The van der Waals surface area contributed by atoms with Crippen LogP contribution in [0.5, 0.6) is 0 Å². The molecule has 20 heavy (non-hydrogen) atoms. The van der Waals surface area contributed by atoms with Crippen LogP contribution in [0.4, 0.5) is 17.1 Å². The van der Waals surface area contributed by atoms with Crippen LogP contribution >= 0.6 is 11.6 Å². The van der Waals surface area contributed by atoms with Gasteiger partial charge in [-0.15, -0.1) is 0 Å². The highest BCUT2D eigenvalue weighted by atomic mass is 35.5. The predicted octanol–water partition coefficient (Wildman–Crippen LogP) is 3.99. The molecule has 0 atom stereocenters. The molecule has 1 aliphatic rings. The zero-order valence-electron chi connectivity index (χ0n) is 11.2. The Labute approximate surface area is 123 Å². The van der Waals surface area contributed by atoms with Gasteiger partial charge in [-0.2, -0.15) is 0 Å². The number of carbonyl (C=O) groups excluding carboxylic acids is 1. The van der Waals surface area contributed by atoms with Crippen LogP contribution < -0.4 is 10.2 Å². The third-order valence-corrected chi connectivity index (χ3v) is 3.68. The Kier molecular flexibility index (Phi) is 3.36. The lowest BCUT2D eigenvalue weighted by Gasteiger charge is -2.22. The van der Waals surface area contributed by atoms with Crippen LogP contribution in [-0.4, -0.2) is 12.5 Å². The van der Waals surface area contributed by atoms with Gasteiger partial charge in [0.15, 0.2) is 0 Å². The number of hydrogen-bond donors (Lipinski definition) is 1. The Morgan fingerprint density at radius 2 is 2.00 bits per heavy atom. The Morgan fingerprint density at radius 1 is 1.20 bits per heavy atom. The molecule has 1 N–H and O–H groups in total. The van der Waals surface area contributed by atoms with Gasteiger partial charge in [-0.05, 0) is 42.3 Å². The van der Waals surface area contributed by atoms with E-state index in [-0.39, 0.29) is 5.91 Å². The summed E-state index contributed by atoms with van der Waals surface area (Å²) in [7, 11) is 0. The van der Waals surface area contributed by atoms with Gasteiger partial charge in [-0.3, -0.25) is 4.79 Å². The van der Waals surface area contributed by atoms with E-state index in [9.17, 15) is 4.79 Å². The maximum atomic E-state index is 11.3. The first-order chi connectivity index (χ1) is 9.65. The Balaban J connectivity index is 2.02. The molecule has 0 aromatic heterocycles. The van der Waals surface area contributed by atoms with Crippen LogP contribution in [0.3, 0.4) is 0 Å². The molecule has 0 fully saturated rings. The first kappa shape index (κ1) is 13.0. The average molecular weight is 287 g/mol. The summed E-state index contributed by atoms with van der Waals surface area (Å²) in [6, 6.07) is 13.8. The molecular formula is C16H15ClN2O. The Morgan fingerprint density at radius 3 is 2.80 bits per heavy atom. The molecule has 2 aromatic carbocycles. The van der Waals surface area contributed by atoms with Crippen molar-refractivity contribution < 1.29 is 4.79 Å². The molecule has 2 aromatic rings. The molecule has 0 spiro atoms. The molecule has 3 rings (SSSR count). The summed E-state index contributed by atoms with van der Waals surface area (Å²) in [6.07, 6.45) is 0.963. The number of fused-ring (bicyclic) bond motifs is 1. The van der Waals surface area contributed by atoms with E-state index >= 15 is 0 Å². The molecular weight excluding hydrogens is 272 g/mol. The van der Waals surface area contributed by atoms with E-state index in [2.05, 4.69) is 10.2 Å². The lowest BCUT2D eigenvalue weighted by atomic mass is 10.1. The van der Waals surface area contributed by atoms with Crippen LogP contribution in [0.1, 0.15) is 12.5 Å². The van der Waals surface area contributed by atoms with Crippen LogP contribution in [0.25, 0.3) is 0 Å². The van der Waals surface area contributed by atoms with Crippen LogP contribution in [0, 0.1) is 0 Å². The van der Waals surface area contributed by atoms with Crippen molar-refractivity contribution in [1.29, 1.82) is 0 Å².